The number of nitrogens with one attached hydrogen (secondary N) is 1. The quantitative estimate of drug-likeness (QED) is 0.620. The first-order valence-electron chi connectivity index (χ1n) is 10.2. The highest BCUT2D eigenvalue weighted by molar-refractivity contribution is 7.18. The molecule has 3 rings (SSSR count). The minimum atomic E-state index is -0.186. The minimum Gasteiger partial charge on any atom is -0.497 e. The molecule has 162 valence electrons. The van der Waals surface area contributed by atoms with Crippen LogP contribution in [0.5, 0.6) is 5.75 Å². The molecule has 1 aromatic heterocycles. The Morgan fingerprint density at radius 2 is 1.87 bits per heavy atom. The summed E-state index contributed by atoms with van der Waals surface area (Å²) in [6, 6.07) is 7.50. The van der Waals surface area contributed by atoms with Crippen LogP contribution < -0.4 is 10.1 Å². The lowest BCUT2D eigenvalue weighted by Crippen LogP contribution is -2.39. The molecule has 0 saturated heterocycles. The highest BCUT2D eigenvalue weighted by atomic mass is 32.1. The fourth-order valence-corrected chi connectivity index (χ4v) is 4.27. The third-order valence-corrected chi connectivity index (χ3v) is 6.09. The topological polar surface area (TPSA) is 93.7 Å². The van der Waals surface area contributed by atoms with Crippen LogP contribution in [0.2, 0.25) is 0 Å². The predicted molar refractivity (Wildman–Crippen MR) is 116 cm³/mol. The zero-order valence-corrected chi connectivity index (χ0v) is 18.2. The molecule has 1 aliphatic carbocycles. The number of aromatic nitrogens is 2. The molecule has 0 spiro atoms. The van der Waals surface area contributed by atoms with E-state index < -0.39 is 0 Å². The van der Waals surface area contributed by atoms with Crippen molar-refractivity contribution in [1.29, 1.82) is 0 Å². The van der Waals surface area contributed by atoms with Gasteiger partial charge in [0.05, 0.1) is 13.7 Å². The summed E-state index contributed by atoms with van der Waals surface area (Å²) < 4.78 is 10.3. The van der Waals surface area contributed by atoms with Gasteiger partial charge in [-0.05, 0) is 37.1 Å². The van der Waals surface area contributed by atoms with E-state index in [1.807, 2.05) is 24.3 Å². The van der Waals surface area contributed by atoms with Crippen LogP contribution in [-0.2, 0) is 14.3 Å². The van der Waals surface area contributed by atoms with Crippen molar-refractivity contribution >= 4 is 28.3 Å². The summed E-state index contributed by atoms with van der Waals surface area (Å²) in [7, 11) is 3.23. The van der Waals surface area contributed by atoms with Crippen LogP contribution in [0.15, 0.2) is 24.3 Å². The van der Waals surface area contributed by atoms with Gasteiger partial charge in [-0.2, -0.15) is 0 Å². The van der Waals surface area contributed by atoms with Gasteiger partial charge in [0.25, 0.3) is 0 Å². The number of carbonyl (C=O) groups is 2. The van der Waals surface area contributed by atoms with E-state index >= 15 is 0 Å². The number of nitrogens with zero attached hydrogens (tertiary/aromatic N) is 3. The second-order valence-electron chi connectivity index (χ2n) is 7.24. The van der Waals surface area contributed by atoms with Crippen molar-refractivity contribution in [2.24, 2.45) is 5.92 Å². The lowest BCUT2D eigenvalue weighted by Gasteiger charge is -2.25. The molecular weight excluding hydrogens is 404 g/mol. The van der Waals surface area contributed by atoms with Gasteiger partial charge in [0.2, 0.25) is 16.9 Å². The Bertz CT molecular complexity index is 834. The molecule has 1 aliphatic rings. The second-order valence-corrected chi connectivity index (χ2v) is 8.22. The largest absolute Gasteiger partial charge is 0.497 e. The van der Waals surface area contributed by atoms with Crippen LogP contribution in [0.25, 0.3) is 10.6 Å². The van der Waals surface area contributed by atoms with E-state index in [1.165, 1.54) is 11.3 Å². The Labute approximate surface area is 180 Å². The molecule has 2 aromatic rings. The van der Waals surface area contributed by atoms with Crippen molar-refractivity contribution in [2.45, 2.75) is 32.1 Å². The van der Waals surface area contributed by atoms with Gasteiger partial charge < -0.3 is 19.7 Å². The zero-order valence-electron chi connectivity index (χ0n) is 17.4. The summed E-state index contributed by atoms with van der Waals surface area (Å²) in [5.74, 6) is 0.797. The highest BCUT2D eigenvalue weighted by Crippen LogP contribution is 2.28. The van der Waals surface area contributed by atoms with Gasteiger partial charge in [0.15, 0.2) is 0 Å². The molecule has 9 heteroatoms. The third-order valence-electron chi connectivity index (χ3n) is 5.20. The van der Waals surface area contributed by atoms with Gasteiger partial charge in [-0.3, -0.25) is 9.59 Å². The van der Waals surface area contributed by atoms with Crippen LogP contribution in [0.3, 0.4) is 0 Å². The predicted octanol–water partition coefficient (Wildman–Crippen LogP) is 3.21. The first-order valence-corrected chi connectivity index (χ1v) is 11.0. The number of amides is 2. The van der Waals surface area contributed by atoms with Gasteiger partial charge in [0, 0.05) is 38.1 Å². The molecular formula is C21H28N4O4S. The SMILES string of the molecule is COCCN(CCC(=O)Nc1nnc(-c2ccc(OC)cc2)s1)C(=O)C1CCCC1. The van der Waals surface area contributed by atoms with Gasteiger partial charge in [-0.1, -0.05) is 24.2 Å². The summed E-state index contributed by atoms with van der Waals surface area (Å²) >= 11 is 1.31. The number of hydrogen-bond donors (Lipinski definition) is 1. The van der Waals surface area contributed by atoms with Crippen LogP contribution >= 0.6 is 11.3 Å². The Morgan fingerprint density at radius 3 is 2.53 bits per heavy atom. The molecule has 0 atom stereocenters. The Kier molecular flexibility index (Phi) is 8.15. The fraction of sp³-hybridized carbons (Fsp3) is 0.524. The lowest BCUT2D eigenvalue weighted by molar-refractivity contribution is -0.136. The van der Waals surface area contributed by atoms with Crippen LogP contribution in [0.4, 0.5) is 5.13 Å². The highest BCUT2D eigenvalue weighted by Gasteiger charge is 2.27. The molecule has 1 saturated carbocycles. The summed E-state index contributed by atoms with van der Waals surface area (Å²) in [5, 5.41) is 12.1. The van der Waals surface area contributed by atoms with Gasteiger partial charge in [-0.25, -0.2) is 0 Å². The van der Waals surface area contributed by atoms with Crippen LogP contribution in [0.1, 0.15) is 32.1 Å². The molecule has 2 amide bonds. The standard InChI is InChI=1S/C21H28N4O4S/c1-28-14-13-25(20(27)16-5-3-4-6-16)12-11-18(26)22-21-24-23-19(30-21)15-7-9-17(29-2)10-8-15/h7-10,16H,3-6,11-14H2,1-2H3,(H,22,24,26). The fourth-order valence-electron chi connectivity index (χ4n) is 3.51. The smallest absolute Gasteiger partial charge is 0.227 e. The van der Waals surface area contributed by atoms with Crippen molar-refractivity contribution in [3.05, 3.63) is 24.3 Å². The van der Waals surface area contributed by atoms with Crippen LogP contribution in [0, 0.1) is 5.92 Å². The minimum absolute atomic E-state index is 0.0835. The van der Waals surface area contributed by atoms with E-state index in [1.54, 1.807) is 19.1 Å². The molecule has 1 aromatic carbocycles. The van der Waals surface area contributed by atoms with E-state index in [-0.39, 0.29) is 24.2 Å². The third kappa shape index (κ3) is 5.99. The number of benzene rings is 1. The molecule has 1 heterocycles. The molecule has 0 bridgehead atoms. The average molecular weight is 433 g/mol. The summed E-state index contributed by atoms with van der Waals surface area (Å²) in [6.45, 7) is 1.33. The van der Waals surface area contributed by atoms with Gasteiger partial charge >= 0.3 is 0 Å². The van der Waals surface area contributed by atoms with Crippen molar-refractivity contribution in [3.63, 3.8) is 0 Å². The van der Waals surface area contributed by atoms with E-state index in [4.69, 9.17) is 9.47 Å². The summed E-state index contributed by atoms with van der Waals surface area (Å²) in [6.07, 6.45) is 4.28. The number of ether oxygens (including phenoxy) is 2. The normalized spacial score (nSPS) is 13.9. The maximum Gasteiger partial charge on any atom is 0.227 e. The number of carbonyl (C=O) groups excluding carboxylic acids is 2. The number of rotatable bonds is 10. The Hall–Kier alpha value is -2.52. The number of anilines is 1. The Morgan fingerprint density at radius 1 is 1.13 bits per heavy atom. The van der Waals surface area contributed by atoms with Crippen molar-refractivity contribution in [1.82, 2.24) is 15.1 Å². The van der Waals surface area contributed by atoms with Crippen molar-refractivity contribution in [2.75, 3.05) is 39.2 Å². The molecule has 0 unspecified atom stereocenters. The molecule has 30 heavy (non-hydrogen) atoms. The first-order chi connectivity index (χ1) is 14.6. The lowest BCUT2D eigenvalue weighted by atomic mass is 10.1. The van der Waals surface area contributed by atoms with E-state index in [9.17, 15) is 9.59 Å². The number of methoxy groups -OCH3 is 2. The van der Waals surface area contributed by atoms with Crippen molar-refractivity contribution < 1.29 is 19.1 Å². The molecule has 1 N–H and O–H groups in total. The molecule has 8 nitrogen and oxygen atoms in total. The number of hydrogen-bond acceptors (Lipinski definition) is 7. The zero-order chi connectivity index (χ0) is 21.3. The van der Waals surface area contributed by atoms with E-state index in [0.29, 0.717) is 29.8 Å². The van der Waals surface area contributed by atoms with Gasteiger partial charge in [0.1, 0.15) is 10.8 Å². The summed E-state index contributed by atoms with van der Waals surface area (Å²) in [5.41, 5.74) is 0.904. The van der Waals surface area contributed by atoms with E-state index in [0.717, 1.165) is 37.0 Å². The van der Waals surface area contributed by atoms with Gasteiger partial charge in [-0.15, -0.1) is 10.2 Å². The summed E-state index contributed by atoms with van der Waals surface area (Å²) in [4.78, 5) is 26.9. The second kappa shape index (κ2) is 11.0. The average Bonchev–Trinajstić information content (AvgIpc) is 3.46. The first kappa shape index (κ1) is 22.2. The van der Waals surface area contributed by atoms with Crippen molar-refractivity contribution in [3.8, 4) is 16.3 Å². The van der Waals surface area contributed by atoms with E-state index in [2.05, 4.69) is 15.5 Å². The molecule has 0 radical (unpaired) electrons. The maximum absolute atomic E-state index is 12.7. The van der Waals surface area contributed by atoms with Crippen LogP contribution in [-0.4, -0.2) is 60.8 Å². The molecule has 1 fully saturated rings. The molecule has 0 aliphatic heterocycles. The monoisotopic (exact) mass is 432 g/mol. The Balaban J connectivity index is 1.53. The maximum atomic E-state index is 12.7.